The number of carbonyl (C=O) groups is 1. The zero-order chi connectivity index (χ0) is 13.0. The molecule has 0 aliphatic heterocycles. The topological polar surface area (TPSA) is 68.0 Å². The summed E-state index contributed by atoms with van der Waals surface area (Å²) in [5, 5.41) is 2.89. The number of amides is 1. The van der Waals surface area contributed by atoms with Crippen molar-refractivity contribution in [2.75, 3.05) is 5.73 Å². The van der Waals surface area contributed by atoms with Crippen LogP contribution >= 0.6 is 11.3 Å². The Morgan fingerprint density at radius 3 is 2.72 bits per heavy atom. The van der Waals surface area contributed by atoms with E-state index in [1.54, 1.807) is 29.0 Å². The highest BCUT2D eigenvalue weighted by Crippen LogP contribution is 2.11. The lowest BCUT2D eigenvalue weighted by Gasteiger charge is -2.04. The maximum Gasteiger partial charge on any atom is 0.224 e. The number of aryl methyl sites for hydroxylation is 1. The van der Waals surface area contributed by atoms with Gasteiger partial charge in [-0.25, -0.2) is 4.98 Å². The van der Waals surface area contributed by atoms with Gasteiger partial charge in [-0.15, -0.1) is 11.3 Å². The molecule has 0 atom stereocenters. The SMILES string of the molecule is Cc1ncsc1CNC(=O)Cc1ccc(N)cc1. The third-order valence-electron chi connectivity index (χ3n) is 2.64. The zero-order valence-corrected chi connectivity index (χ0v) is 11.0. The van der Waals surface area contributed by atoms with Crippen LogP contribution in [0, 0.1) is 6.92 Å². The van der Waals surface area contributed by atoms with E-state index in [-0.39, 0.29) is 5.91 Å². The summed E-state index contributed by atoms with van der Waals surface area (Å²) in [6.45, 7) is 2.49. The Bertz CT molecular complexity index is 533. The van der Waals surface area contributed by atoms with Gasteiger partial charge in [-0.1, -0.05) is 12.1 Å². The number of thiazole rings is 1. The second kappa shape index (κ2) is 5.64. The maximum absolute atomic E-state index is 11.7. The minimum Gasteiger partial charge on any atom is -0.399 e. The van der Waals surface area contributed by atoms with Crippen LogP contribution in [0.25, 0.3) is 0 Å². The van der Waals surface area contributed by atoms with Crippen molar-refractivity contribution in [3.63, 3.8) is 0 Å². The Hall–Kier alpha value is -1.88. The molecular formula is C13H15N3OS. The molecule has 0 fully saturated rings. The molecule has 0 bridgehead atoms. The van der Waals surface area contributed by atoms with Crippen molar-refractivity contribution in [1.29, 1.82) is 0 Å². The number of rotatable bonds is 4. The third-order valence-corrected chi connectivity index (χ3v) is 3.57. The van der Waals surface area contributed by atoms with E-state index in [2.05, 4.69) is 10.3 Å². The molecule has 5 heteroatoms. The van der Waals surface area contributed by atoms with Gasteiger partial charge in [-0.2, -0.15) is 0 Å². The molecule has 94 valence electrons. The normalized spacial score (nSPS) is 10.3. The lowest BCUT2D eigenvalue weighted by atomic mass is 10.1. The average molecular weight is 261 g/mol. The fraction of sp³-hybridized carbons (Fsp3) is 0.231. The first kappa shape index (κ1) is 12.6. The number of nitrogens with two attached hydrogens (primary N) is 1. The fourth-order valence-corrected chi connectivity index (χ4v) is 2.27. The number of nitrogens with zero attached hydrogens (tertiary/aromatic N) is 1. The molecule has 0 saturated heterocycles. The van der Waals surface area contributed by atoms with Crippen LogP contribution in [0.5, 0.6) is 0 Å². The third kappa shape index (κ3) is 3.30. The highest BCUT2D eigenvalue weighted by Gasteiger charge is 2.05. The van der Waals surface area contributed by atoms with E-state index in [1.165, 1.54) is 0 Å². The number of carbonyl (C=O) groups excluding carboxylic acids is 1. The monoisotopic (exact) mass is 261 g/mol. The Morgan fingerprint density at radius 2 is 2.11 bits per heavy atom. The summed E-state index contributed by atoms with van der Waals surface area (Å²) in [5.41, 5.74) is 10.0. The van der Waals surface area contributed by atoms with Gasteiger partial charge in [0, 0.05) is 10.6 Å². The minimum absolute atomic E-state index is 0.00701. The summed E-state index contributed by atoms with van der Waals surface area (Å²) in [6, 6.07) is 7.34. The Labute approximate surface area is 110 Å². The van der Waals surface area contributed by atoms with Crippen LogP contribution in [0.3, 0.4) is 0 Å². The Morgan fingerprint density at radius 1 is 1.39 bits per heavy atom. The molecule has 3 N–H and O–H groups in total. The number of anilines is 1. The molecule has 2 rings (SSSR count). The van der Waals surface area contributed by atoms with Gasteiger partial charge in [0.1, 0.15) is 0 Å². The summed E-state index contributed by atoms with van der Waals surface area (Å²) in [5.74, 6) is 0.00701. The quantitative estimate of drug-likeness (QED) is 0.826. The lowest BCUT2D eigenvalue weighted by Crippen LogP contribution is -2.24. The van der Waals surface area contributed by atoms with Crippen molar-refractivity contribution in [2.24, 2.45) is 0 Å². The van der Waals surface area contributed by atoms with Gasteiger partial charge >= 0.3 is 0 Å². The second-order valence-corrected chi connectivity index (χ2v) is 5.00. The lowest BCUT2D eigenvalue weighted by molar-refractivity contribution is -0.120. The summed E-state index contributed by atoms with van der Waals surface area (Å²) >= 11 is 1.56. The Balaban J connectivity index is 1.86. The largest absolute Gasteiger partial charge is 0.399 e. The van der Waals surface area contributed by atoms with Crippen molar-refractivity contribution in [3.05, 3.63) is 45.9 Å². The zero-order valence-electron chi connectivity index (χ0n) is 10.1. The van der Waals surface area contributed by atoms with Crippen molar-refractivity contribution in [3.8, 4) is 0 Å². The van der Waals surface area contributed by atoms with Gasteiger partial charge in [0.15, 0.2) is 0 Å². The van der Waals surface area contributed by atoms with Gasteiger partial charge in [-0.05, 0) is 24.6 Å². The number of aromatic nitrogens is 1. The average Bonchev–Trinajstić information content (AvgIpc) is 2.75. The van der Waals surface area contributed by atoms with Crippen LogP contribution in [0.1, 0.15) is 16.1 Å². The molecular weight excluding hydrogens is 246 g/mol. The van der Waals surface area contributed by atoms with Gasteiger partial charge in [0.2, 0.25) is 5.91 Å². The first-order valence-corrected chi connectivity index (χ1v) is 6.53. The van der Waals surface area contributed by atoms with E-state index in [0.29, 0.717) is 18.7 Å². The molecule has 2 aromatic rings. The molecule has 0 aliphatic rings. The van der Waals surface area contributed by atoms with Gasteiger partial charge in [0.25, 0.3) is 0 Å². The molecule has 4 nitrogen and oxygen atoms in total. The Kier molecular flexibility index (Phi) is 3.94. The summed E-state index contributed by atoms with van der Waals surface area (Å²) in [4.78, 5) is 17.0. The van der Waals surface area contributed by atoms with Crippen LogP contribution in [0.2, 0.25) is 0 Å². The van der Waals surface area contributed by atoms with Crippen LogP contribution in [0.4, 0.5) is 5.69 Å². The van der Waals surface area contributed by atoms with Crippen LogP contribution in [-0.4, -0.2) is 10.9 Å². The second-order valence-electron chi connectivity index (χ2n) is 4.06. The molecule has 1 heterocycles. The van der Waals surface area contributed by atoms with Crippen LogP contribution in [0.15, 0.2) is 29.8 Å². The number of hydrogen-bond acceptors (Lipinski definition) is 4. The molecule has 0 unspecified atom stereocenters. The molecule has 0 saturated carbocycles. The predicted molar refractivity (Wildman–Crippen MR) is 73.3 cm³/mol. The van der Waals surface area contributed by atoms with E-state index >= 15 is 0 Å². The van der Waals surface area contributed by atoms with Crippen LogP contribution in [-0.2, 0) is 17.8 Å². The standard InChI is InChI=1S/C13H15N3OS/c1-9-12(18-8-16-9)7-15-13(17)6-10-2-4-11(14)5-3-10/h2-5,8H,6-7,14H2,1H3,(H,15,17). The first-order valence-electron chi connectivity index (χ1n) is 5.65. The number of nitrogens with one attached hydrogen (secondary N) is 1. The number of benzene rings is 1. The van der Waals surface area contributed by atoms with E-state index < -0.39 is 0 Å². The molecule has 1 aromatic carbocycles. The van der Waals surface area contributed by atoms with E-state index in [0.717, 1.165) is 16.1 Å². The van der Waals surface area contributed by atoms with Gasteiger partial charge < -0.3 is 11.1 Å². The molecule has 1 amide bonds. The van der Waals surface area contributed by atoms with E-state index in [9.17, 15) is 4.79 Å². The number of nitrogen functional groups attached to an aromatic ring is 1. The van der Waals surface area contributed by atoms with Gasteiger partial charge in [0.05, 0.1) is 24.2 Å². The molecule has 0 radical (unpaired) electrons. The number of hydrogen-bond donors (Lipinski definition) is 2. The highest BCUT2D eigenvalue weighted by atomic mass is 32.1. The van der Waals surface area contributed by atoms with Crippen molar-refractivity contribution in [1.82, 2.24) is 10.3 Å². The van der Waals surface area contributed by atoms with Crippen LogP contribution < -0.4 is 11.1 Å². The summed E-state index contributed by atoms with van der Waals surface area (Å²) in [6.07, 6.45) is 0.373. The minimum atomic E-state index is 0.00701. The first-order chi connectivity index (χ1) is 8.65. The van der Waals surface area contributed by atoms with Crippen molar-refractivity contribution >= 4 is 22.9 Å². The van der Waals surface area contributed by atoms with Crippen molar-refractivity contribution < 1.29 is 4.79 Å². The smallest absolute Gasteiger partial charge is 0.224 e. The molecule has 0 spiro atoms. The maximum atomic E-state index is 11.7. The van der Waals surface area contributed by atoms with Crippen molar-refractivity contribution in [2.45, 2.75) is 19.9 Å². The summed E-state index contributed by atoms with van der Waals surface area (Å²) < 4.78 is 0. The van der Waals surface area contributed by atoms with E-state index in [1.807, 2.05) is 19.1 Å². The van der Waals surface area contributed by atoms with E-state index in [4.69, 9.17) is 5.73 Å². The fourth-order valence-electron chi connectivity index (χ4n) is 1.56. The molecule has 0 aliphatic carbocycles. The highest BCUT2D eigenvalue weighted by molar-refractivity contribution is 7.09. The molecule has 18 heavy (non-hydrogen) atoms. The predicted octanol–water partition coefficient (Wildman–Crippen LogP) is 1.89. The summed E-state index contributed by atoms with van der Waals surface area (Å²) in [7, 11) is 0. The van der Waals surface area contributed by atoms with Gasteiger partial charge in [-0.3, -0.25) is 4.79 Å². The molecule has 1 aromatic heterocycles.